The number of rotatable bonds is 4. The van der Waals surface area contributed by atoms with Gasteiger partial charge in [-0.05, 0) is 24.6 Å². The molecular weight excluding hydrogens is 276 g/mol. The van der Waals surface area contributed by atoms with Crippen molar-refractivity contribution < 1.29 is 0 Å². The lowest BCUT2D eigenvalue weighted by Gasteiger charge is -2.15. The first-order valence-corrected chi connectivity index (χ1v) is 6.83. The molecule has 0 amide bonds. The molecule has 2 aromatic heterocycles. The highest BCUT2D eigenvalue weighted by Crippen LogP contribution is 2.19. The van der Waals surface area contributed by atoms with Crippen molar-refractivity contribution >= 4 is 5.82 Å². The van der Waals surface area contributed by atoms with Crippen molar-refractivity contribution in [3.8, 4) is 11.9 Å². The SMILES string of the molecule is CC(Nc1cc(-n2ccnc2)ncn1)c1ccc(C#N)cc1. The van der Waals surface area contributed by atoms with E-state index in [1.165, 1.54) is 6.33 Å². The van der Waals surface area contributed by atoms with E-state index in [1.54, 1.807) is 12.5 Å². The molecule has 0 spiro atoms. The fraction of sp³-hybridized carbons (Fsp3) is 0.125. The van der Waals surface area contributed by atoms with E-state index in [-0.39, 0.29) is 6.04 Å². The van der Waals surface area contributed by atoms with Crippen LogP contribution in [0.2, 0.25) is 0 Å². The summed E-state index contributed by atoms with van der Waals surface area (Å²) in [6, 6.07) is 11.5. The van der Waals surface area contributed by atoms with E-state index in [0.717, 1.165) is 17.2 Å². The van der Waals surface area contributed by atoms with Crippen molar-refractivity contribution in [3.05, 3.63) is 66.5 Å². The average molecular weight is 290 g/mol. The third kappa shape index (κ3) is 2.94. The van der Waals surface area contributed by atoms with Crippen molar-refractivity contribution in [1.82, 2.24) is 19.5 Å². The summed E-state index contributed by atoms with van der Waals surface area (Å²) in [5.74, 6) is 1.48. The number of nitrogens with zero attached hydrogens (tertiary/aromatic N) is 5. The Hall–Kier alpha value is -3.20. The van der Waals surface area contributed by atoms with Crippen LogP contribution in [-0.2, 0) is 0 Å². The maximum atomic E-state index is 8.83. The molecule has 1 atom stereocenters. The largest absolute Gasteiger partial charge is 0.363 e. The van der Waals surface area contributed by atoms with Crippen molar-refractivity contribution in [2.45, 2.75) is 13.0 Å². The number of imidazole rings is 1. The van der Waals surface area contributed by atoms with Crippen LogP contribution in [0.3, 0.4) is 0 Å². The fourth-order valence-corrected chi connectivity index (χ4v) is 2.11. The summed E-state index contributed by atoms with van der Waals surface area (Å²) in [6.45, 7) is 2.04. The monoisotopic (exact) mass is 290 g/mol. The Morgan fingerprint density at radius 3 is 2.73 bits per heavy atom. The molecule has 0 aliphatic rings. The Kier molecular flexibility index (Phi) is 3.79. The molecule has 1 aromatic carbocycles. The lowest BCUT2D eigenvalue weighted by atomic mass is 10.1. The number of hydrogen-bond donors (Lipinski definition) is 1. The van der Waals surface area contributed by atoms with Crippen LogP contribution < -0.4 is 5.32 Å². The second-order valence-electron chi connectivity index (χ2n) is 4.83. The van der Waals surface area contributed by atoms with E-state index in [2.05, 4.69) is 26.3 Å². The summed E-state index contributed by atoms with van der Waals surface area (Å²) in [7, 11) is 0. The van der Waals surface area contributed by atoms with E-state index in [1.807, 2.05) is 48.0 Å². The highest BCUT2D eigenvalue weighted by molar-refractivity contribution is 5.43. The summed E-state index contributed by atoms with van der Waals surface area (Å²) in [4.78, 5) is 12.5. The predicted molar refractivity (Wildman–Crippen MR) is 82.3 cm³/mol. The third-order valence-corrected chi connectivity index (χ3v) is 3.33. The van der Waals surface area contributed by atoms with E-state index in [0.29, 0.717) is 5.56 Å². The number of hydrogen-bond acceptors (Lipinski definition) is 5. The summed E-state index contributed by atoms with van der Waals surface area (Å²) >= 11 is 0. The Balaban J connectivity index is 1.77. The van der Waals surface area contributed by atoms with Gasteiger partial charge in [0, 0.05) is 24.5 Å². The summed E-state index contributed by atoms with van der Waals surface area (Å²) in [5, 5.41) is 12.2. The molecule has 2 heterocycles. The molecule has 0 fully saturated rings. The topological polar surface area (TPSA) is 79.4 Å². The minimum absolute atomic E-state index is 0.0679. The number of nitriles is 1. The molecule has 0 bridgehead atoms. The molecular formula is C16H14N6. The number of benzene rings is 1. The lowest BCUT2D eigenvalue weighted by molar-refractivity contribution is 0.866. The first-order valence-electron chi connectivity index (χ1n) is 6.83. The number of nitrogens with one attached hydrogen (secondary N) is 1. The smallest absolute Gasteiger partial charge is 0.143 e. The Bertz CT molecular complexity index is 786. The minimum Gasteiger partial charge on any atom is -0.363 e. The maximum Gasteiger partial charge on any atom is 0.143 e. The first kappa shape index (κ1) is 13.8. The third-order valence-electron chi connectivity index (χ3n) is 3.33. The second-order valence-corrected chi connectivity index (χ2v) is 4.83. The zero-order valence-electron chi connectivity index (χ0n) is 12.0. The molecule has 0 saturated carbocycles. The number of aromatic nitrogens is 4. The molecule has 0 aliphatic heterocycles. The van der Waals surface area contributed by atoms with Crippen molar-refractivity contribution in [2.24, 2.45) is 0 Å². The molecule has 6 nitrogen and oxygen atoms in total. The Morgan fingerprint density at radius 1 is 1.23 bits per heavy atom. The molecule has 0 aliphatic carbocycles. The van der Waals surface area contributed by atoms with Crippen molar-refractivity contribution in [3.63, 3.8) is 0 Å². The van der Waals surface area contributed by atoms with Crippen LogP contribution in [-0.4, -0.2) is 19.5 Å². The van der Waals surface area contributed by atoms with E-state index in [9.17, 15) is 0 Å². The maximum absolute atomic E-state index is 8.83. The van der Waals surface area contributed by atoms with Crippen LogP contribution in [0.1, 0.15) is 24.1 Å². The molecule has 0 radical (unpaired) electrons. The molecule has 22 heavy (non-hydrogen) atoms. The zero-order valence-corrected chi connectivity index (χ0v) is 12.0. The van der Waals surface area contributed by atoms with Gasteiger partial charge in [-0.15, -0.1) is 0 Å². The van der Waals surface area contributed by atoms with Gasteiger partial charge in [0.1, 0.15) is 24.3 Å². The normalized spacial score (nSPS) is 11.6. The van der Waals surface area contributed by atoms with Gasteiger partial charge >= 0.3 is 0 Å². The minimum atomic E-state index is 0.0679. The second kappa shape index (κ2) is 6.06. The van der Waals surface area contributed by atoms with E-state index < -0.39 is 0 Å². The van der Waals surface area contributed by atoms with E-state index >= 15 is 0 Å². The van der Waals surface area contributed by atoms with Gasteiger partial charge in [0.15, 0.2) is 0 Å². The highest BCUT2D eigenvalue weighted by Gasteiger charge is 2.07. The van der Waals surface area contributed by atoms with Gasteiger partial charge in [-0.25, -0.2) is 15.0 Å². The lowest BCUT2D eigenvalue weighted by Crippen LogP contribution is -2.09. The van der Waals surface area contributed by atoms with Crippen molar-refractivity contribution in [1.29, 1.82) is 5.26 Å². The molecule has 1 unspecified atom stereocenters. The van der Waals surface area contributed by atoms with Gasteiger partial charge in [-0.1, -0.05) is 12.1 Å². The fourth-order valence-electron chi connectivity index (χ4n) is 2.11. The van der Waals surface area contributed by atoms with Gasteiger partial charge < -0.3 is 5.32 Å². The van der Waals surface area contributed by atoms with Gasteiger partial charge in [0.2, 0.25) is 0 Å². The van der Waals surface area contributed by atoms with Gasteiger partial charge in [0.25, 0.3) is 0 Å². The summed E-state index contributed by atoms with van der Waals surface area (Å²) in [5.41, 5.74) is 1.74. The van der Waals surface area contributed by atoms with Crippen LogP contribution in [0.5, 0.6) is 0 Å². The van der Waals surface area contributed by atoms with Crippen molar-refractivity contribution in [2.75, 3.05) is 5.32 Å². The molecule has 3 rings (SSSR count). The standard InChI is InChI=1S/C16H14N6/c1-12(14-4-2-13(9-17)3-5-14)21-15-8-16(20-10-19-15)22-7-6-18-11-22/h2-8,10-12H,1H3,(H,19,20,21). The predicted octanol–water partition coefficient (Wildman–Crippen LogP) is 2.71. The van der Waals surface area contributed by atoms with Gasteiger partial charge in [-0.2, -0.15) is 5.26 Å². The van der Waals surface area contributed by atoms with Crippen LogP contribution in [0.25, 0.3) is 5.82 Å². The van der Waals surface area contributed by atoms with Gasteiger partial charge in [-0.3, -0.25) is 4.57 Å². The first-order chi connectivity index (χ1) is 10.8. The van der Waals surface area contributed by atoms with Gasteiger partial charge in [0.05, 0.1) is 11.6 Å². The molecule has 6 heteroatoms. The molecule has 108 valence electrons. The Morgan fingerprint density at radius 2 is 2.05 bits per heavy atom. The zero-order chi connectivity index (χ0) is 15.4. The van der Waals surface area contributed by atoms with Crippen LogP contribution >= 0.6 is 0 Å². The van der Waals surface area contributed by atoms with Crippen LogP contribution in [0.15, 0.2) is 55.4 Å². The molecule has 1 N–H and O–H groups in total. The molecule has 0 saturated heterocycles. The molecule has 3 aromatic rings. The Labute approximate surface area is 128 Å². The highest BCUT2D eigenvalue weighted by atomic mass is 15.1. The van der Waals surface area contributed by atoms with Crippen LogP contribution in [0.4, 0.5) is 5.82 Å². The quantitative estimate of drug-likeness (QED) is 0.799. The van der Waals surface area contributed by atoms with E-state index in [4.69, 9.17) is 5.26 Å². The summed E-state index contributed by atoms with van der Waals surface area (Å²) in [6.07, 6.45) is 6.74. The average Bonchev–Trinajstić information content (AvgIpc) is 3.10. The summed E-state index contributed by atoms with van der Waals surface area (Å²) < 4.78 is 1.82. The van der Waals surface area contributed by atoms with Crippen LogP contribution in [0, 0.1) is 11.3 Å². The number of anilines is 1.